The lowest BCUT2D eigenvalue weighted by atomic mass is 9.82. The second-order valence-electron chi connectivity index (χ2n) is 5.37. The molecule has 0 bridgehead atoms. The molecule has 0 aromatic heterocycles. The van der Waals surface area contributed by atoms with Gasteiger partial charge in [-0.05, 0) is 44.1 Å². The van der Waals surface area contributed by atoms with Gasteiger partial charge in [0, 0.05) is 13.1 Å². The third kappa shape index (κ3) is 2.94. The maximum absolute atomic E-state index is 12.2. The fraction of sp³-hybridized carbons (Fsp3) is 0.923. The number of nitrogens with zero attached hydrogens (tertiary/aromatic N) is 1. The Kier molecular flexibility index (Phi) is 5.26. The van der Waals surface area contributed by atoms with Gasteiger partial charge in [0.1, 0.15) is 0 Å². The van der Waals surface area contributed by atoms with Gasteiger partial charge in [-0.1, -0.05) is 13.8 Å². The van der Waals surface area contributed by atoms with E-state index in [1.54, 1.807) is 0 Å². The first kappa shape index (κ1) is 14.8. The van der Waals surface area contributed by atoms with Gasteiger partial charge in [0.2, 0.25) is 5.91 Å². The minimum atomic E-state index is 0. The van der Waals surface area contributed by atoms with Gasteiger partial charge in [0.05, 0.1) is 6.04 Å². The Labute approximate surface area is 111 Å². The third-order valence-electron chi connectivity index (χ3n) is 4.61. The molecule has 2 heterocycles. The lowest BCUT2D eigenvalue weighted by Gasteiger charge is -2.27. The molecule has 4 heteroatoms. The van der Waals surface area contributed by atoms with Crippen molar-refractivity contribution >= 4 is 18.3 Å². The molecule has 0 aromatic rings. The summed E-state index contributed by atoms with van der Waals surface area (Å²) in [4.78, 5) is 14.3. The summed E-state index contributed by atoms with van der Waals surface area (Å²) in [5, 5.41) is 3.31. The molecule has 1 N–H and O–H groups in total. The minimum absolute atomic E-state index is 0. The normalized spacial score (nSPS) is 26.9. The molecule has 100 valence electrons. The molecule has 2 fully saturated rings. The van der Waals surface area contributed by atoms with E-state index in [-0.39, 0.29) is 18.4 Å². The van der Waals surface area contributed by atoms with Crippen molar-refractivity contribution in [3.63, 3.8) is 0 Å². The predicted molar refractivity (Wildman–Crippen MR) is 72.5 cm³/mol. The molecule has 2 aliphatic rings. The summed E-state index contributed by atoms with van der Waals surface area (Å²) in [7, 11) is 0. The Morgan fingerprint density at radius 3 is 2.59 bits per heavy atom. The second kappa shape index (κ2) is 6.05. The van der Waals surface area contributed by atoms with Crippen LogP contribution in [-0.4, -0.2) is 36.5 Å². The summed E-state index contributed by atoms with van der Waals surface area (Å²) in [6, 6.07) is 0.115. The first-order chi connectivity index (χ1) is 7.71. The van der Waals surface area contributed by atoms with Crippen LogP contribution in [0.1, 0.15) is 46.0 Å². The van der Waals surface area contributed by atoms with E-state index in [4.69, 9.17) is 0 Å². The summed E-state index contributed by atoms with van der Waals surface area (Å²) < 4.78 is 0. The second-order valence-corrected chi connectivity index (χ2v) is 5.37. The van der Waals surface area contributed by atoms with E-state index >= 15 is 0 Å². The first-order valence-corrected chi connectivity index (χ1v) is 6.73. The number of hydrogen-bond acceptors (Lipinski definition) is 2. The highest BCUT2D eigenvalue weighted by molar-refractivity contribution is 5.85. The Hall–Kier alpha value is -0.280. The van der Waals surface area contributed by atoms with Gasteiger partial charge in [0.25, 0.3) is 0 Å². The van der Waals surface area contributed by atoms with Crippen molar-refractivity contribution < 1.29 is 4.79 Å². The van der Waals surface area contributed by atoms with Crippen LogP contribution in [0.25, 0.3) is 0 Å². The zero-order valence-electron chi connectivity index (χ0n) is 11.0. The van der Waals surface area contributed by atoms with Crippen LogP contribution < -0.4 is 5.32 Å². The Balaban J connectivity index is 0.00000144. The zero-order valence-corrected chi connectivity index (χ0v) is 11.8. The van der Waals surface area contributed by atoms with Crippen LogP contribution in [-0.2, 0) is 4.79 Å². The number of nitrogens with one attached hydrogen (secondary N) is 1. The molecule has 0 spiro atoms. The van der Waals surface area contributed by atoms with Crippen molar-refractivity contribution in [3.05, 3.63) is 0 Å². The molecule has 17 heavy (non-hydrogen) atoms. The number of likely N-dealkylation sites (tertiary alicyclic amines) is 1. The fourth-order valence-electron chi connectivity index (χ4n) is 3.07. The Bertz CT molecular complexity index is 260. The minimum Gasteiger partial charge on any atom is -0.341 e. The van der Waals surface area contributed by atoms with Gasteiger partial charge in [-0.3, -0.25) is 4.79 Å². The summed E-state index contributed by atoms with van der Waals surface area (Å²) in [5.74, 6) is 0.348. The average molecular weight is 261 g/mol. The molecule has 0 aromatic carbocycles. The number of rotatable bonds is 3. The van der Waals surface area contributed by atoms with Gasteiger partial charge in [0.15, 0.2) is 0 Å². The van der Waals surface area contributed by atoms with Crippen LogP contribution in [0.15, 0.2) is 0 Å². The van der Waals surface area contributed by atoms with Crippen LogP contribution in [0.3, 0.4) is 0 Å². The largest absolute Gasteiger partial charge is 0.341 e. The Morgan fingerprint density at radius 1 is 1.41 bits per heavy atom. The lowest BCUT2D eigenvalue weighted by Crippen LogP contribution is -2.43. The number of carbonyl (C=O) groups is 1. The fourth-order valence-corrected chi connectivity index (χ4v) is 3.07. The molecule has 1 unspecified atom stereocenters. The van der Waals surface area contributed by atoms with Crippen molar-refractivity contribution in [1.29, 1.82) is 0 Å². The topological polar surface area (TPSA) is 32.3 Å². The quantitative estimate of drug-likeness (QED) is 0.844. The number of halogens is 1. The monoisotopic (exact) mass is 260 g/mol. The SMILES string of the molecule is CCC1(CC)CCN(C(=O)C2CCCN2)C1.Cl. The van der Waals surface area contributed by atoms with Gasteiger partial charge in [-0.2, -0.15) is 0 Å². The number of amides is 1. The van der Waals surface area contributed by atoms with Crippen LogP contribution in [0.4, 0.5) is 0 Å². The van der Waals surface area contributed by atoms with E-state index < -0.39 is 0 Å². The van der Waals surface area contributed by atoms with E-state index in [9.17, 15) is 4.79 Å². The number of carbonyl (C=O) groups excluding carboxylic acids is 1. The standard InChI is InChI=1S/C13H24N2O.ClH/c1-3-13(4-2)7-9-15(10-13)12(16)11-6-5-8-14-11;/h11,14H,3-10H2,1-2H3;1H. The highest BCUT2D eigenvalue weighted by atomic mass is 35.5. The zero-order chi connectivity index (χ0) is 11.6. The molecule has 3 nitrogen and oxygen atoms in total. The maximum atomic E-state index is 12.2. The number of hydrogen-bond donors (Lipinski definition) is 1. The van der Waals surface area contributed by atoms with Crippen molar-refractivity contribution in [3.8, 4) is 0 Å². The van der Waals surface area contributed by atoms with Crippen LogP contribution in [0, 0.1) is 5.41 Å². The van der Waals surface area contributed by atoms with Crippen molar-refractivity contribution in [1.82, 2.24) is 10.2 Å². The molecule has 0 aliphatic carbocycles. The van der Waals surface area contributed by atoms with Crippen LogP contribution >= 0.6 is 12.4 Å². The molecule has 1 amide bonds. The van der Waals surface area contributed by atoms with E-state index in [1.807, 2.05) is 0 Å². The summed E-state index contributed by atoms with van der Waals surface area (Å²) in [6.07, 6.45) is 5.77. The molecule has 2 saturated heterocycles. The molecule has 2 aliphatic heterocycles. The first-order valence-electron chi connectivity index (χ1n) is 6.73. The smallest absolute Gasteiger partial charge is 0.239 e. The van der Waals surface area contributed by atoms with E-state index in [1.165, 1.54) is 19.3 Å². The summed E-state index contributed by atoms with van der Waals surface area (Å²) >= 11 is 0. The van der Waals surface area contributed by atoms with Crippen molar-refractivity contribution in [2.75, 3.05) is 19.6 Å². The average Bonchev–Trinajstić information content (AvgIpc) is 2.98. The molecular formula is C13H25ClN2O. The van der Waals surface area contributed by atoms with E-state index in [0.717, 1.165) is 32.5 Å². The van der Waals surface area contributed by atoms with Crippen LogP contribution in [0.5, 0.6) is 0 Å². The van der Waals surface area contributed by atoms with E-state index in [2.05, 4.69) is 24.1 Å². The predicted octanol–water partition coefficient (Wildman–Crippen LogP) is 2.20. The third-order valence-corrected chi connectivity index (χ3v) is 4.61. The Morgan fingerprint density at radius 2 is 2.12 bits per heavy atom. The highest BCUT2D eigenvalue weighted by Gasteiger charge is 2.39. The van der Waals surface area contributed by atoms with Crippen molar-refractivity contribution in [2.24, 2.45) is 5.41 Å². The molecule has 1 atom stereocenters. The maximum Gasteiger partial charge on any atom is 0.239 e. The molecule has 0 saturated carbocycles. The van der Waals surface area contributed by atoms with Gasteiger partial charge in [-0.25, -0.2) is 0 Å². The summed E-state index contributed by atoms with van der Waals surface area (Å²) in [6.45, 7) is 7.48. The lowest BCUT2D eigenvalue weighted by molar-refractivity contribution is -0.132. The summed E-state index contributed by atoms with van der Waals surface area (Å²) in [5.41, 5.74) is 0.411. The molecule has 0 radical (unpaired) electrons. The van der Waals surface area contributed by atoms with Crippen molar-refractivity contribution in [2.45, 2.75) is 52.0 Å². The molecular weight excluding hydrogens is 236 g/mol. The van der Waals surface area contributed by atoms with Gasteiger partial charge in [-0.15, -0.1) is 12.4 Å². The van der Waals surface area contributed by atoms with Gasteiger partial charge >= 0.3 is 0 Å². The molecule has 2 rings (SSSR count). The van der Waals surface area contributed by atoms with E-state index in [0.29, 0.717) is 11.3 Å². The van der Waals surface area contributed by atoms with Gasteiger partial charge < -0.3 is 10.2 Å². The highest BCUT2D eigenvalue weighted by Crippen LogP contribution is 2.37. The van der Waals surface area contributed by atoms with Crippen LogP contribution in [0.2, 0.25) is 0 Å².